The van der Waals surface area contributed by atoms with Gasteiger partial charge < -0.3 is 10.5 Å². The lowest BCUT2D eigenvalue weighted by atomic mass is 9.76. The van der Waals surface area contributed by atoms with Gasteiger partial charge >= 0.3 is 0 Å². The van der Waals surface area contributed by atoms with Crippen LogP contribution in [0.15, 0.2) is 18.2 Å². The fourth-order valence-electron chi connectivity index (χ4n) is 2.68. The third kappa shape index (κ3) is 3.76. The van der Waals surface area contributed by atoms with Crippen LogP contribution in [0.25, 0.3) is 0 Å². The maximum atomic E-state index is 13.6. The number of halogens is 2. The van der Waals surface area contributed by atoms with Crippen LogP contribution in [0.3, 0.4) is 0 Å². The van der Waals surface area contributed by atoms with Gasteiger partial charge in [-0.2, -0.15) is 0 Å². The Hall–Kier alpha value is -1.00. The Bertz CT molecular complexity index is 452. The van der Waals surface area contributed by atoms with Crippen molar-refractivity contribution >= 4 is 0 Å². The molecule has 1 aliphatic carbocycles. The minimum Gasteiger partial charge on any atom is -0.376 e. The van der Waals surface area contributed by atoms with Gasteiger partial charge in [-0.3, -0.25) is 0 Å². The Kier molecular flexibility index (Phi) is 4.76. The average molecular weight is 283 g/mol. The lowest BCUT2D eigenvalue weighted by Crippen LogP contribution is -2.29. The molecule has 1 aromatic rings. The SMILES string of the molecule is CC1(C)CCC(OCC(N)c2cccc(F)c2F)CC1. The molecule has 20 heavy (non-hydrogen) atoms. The third-order valence-electron chi connectivity index (χ3n) is 4.18. The summed E-state index contributed by atoms with van der Waals surface area (Å²) in [6.45, 7) is 4.75. The molecule has 0 heterocycles. The quantitative estimate of drug-likeness (QED) is 0.908. The van der Waals surface area contributed by atoms with Gasteiger partial charge in [0.25, 0.3) is 0 Å². The molecule has 0 saturated heterocycles. The molecule has 0 aromatic heterocycles. The highest BCUT2D eigenvalue weighted by Gasteiger charge is 2.27. The molecule has 1 unspecified atom stereocenters. The zero-order valence-electron chi connectivity index (χ0n) is 12.2. The molecule has 1 saturated carbocycles. The van der Waals surface area contributed by atoms with Crippen molar-refractivity contribution in [1.29, 1.82) is 0 Å². The van der Waals surface area contributed by atoms with Crippen molar-refractivity contribution < 1.29 is 13.5 Å². The number of hydrogen-bond acceptors (Lipinski definition) is 2. The summed E-state index contributed by atoms with van der Waals surface area (Å²) in [5.74, 6) is -1.73. The van der Waals surface area contributed by atoms with Crippen LogP contribution in [0.5, 0.6) is 0 Å². The van der Waals surface area contributed by atoms with E-state index >= 15 is 0 Å². The van der Waals surface area contributed by atoms with Gasteiger partial charge in [0.2, 0.25) is 0 Å². The first-order chi connectivity index (χ1) is 9.39. The fourth-order valence-corrected chi connectivity index (χ4v) is 2.68. The van der Waals surface area contributed by atoms with E-state index < -0.39 is 17.7 Å². The van der Waals surface area contributed by atoms with Gasteiger partial charge in [-0.05, 0) is 37.2 Å². The molecule has 2 nitrogen and oxygen atoms in total. The zero-order chi connectivity index (χ0) is 14.8. The molecule has 2 rings (SSSR count). The van der Waals surface area contributed by atoms with Crippen LogP contribution in [0.2, 0.25) is 0 Å². The van der Waals surface area contributed by atoms with Crippen molar-refractivity contribution in [1.82, 2.24) is 0 Å². The molecular weight excluding hydrogens is 260 g/mol. The second-order valence-electron chi connectivity index (χ2n) is 6.45. The highest BCUT2D eigenvalue weighted by atomic mass is 19.2. The van der Waals surface area contributed by atoms with Gasteiger partial charge in [0.1, 0.15) is 0 Å². The summed E-state index contributed by atoms with van der Waals surface area (Å²) in [5.41, 5.74) is 6.47. The van der Waals surface area contributed by atoms with Crippen LogP contribution in [-0.2, 0) is 4.74 Å². The topological polar surface area (TPSA) is 35.2 Å². The van der Waals surface area contributed by atoms with Gasteiger partial charge in [0.05, 0.1) is 18.8 Å². The van der Waals surface area contributed by atoms with Crippen LogP contribution in [0.1, 0.15) is 51.1 Å². The molecule has 0 radical (unpaired) electrons. The van der Waals surface area contributed by atoms with Crippen LogP contribution < -0.4 is 5.73 Å². The smallest absolute Gasteiger partial charge is 0.163 e. The van der Waals surface area contributed by atoms with Crippen molar-refractivity contribution in [3.63, 3.8) is 0 Å². The molecule has 112 valence electrons. The highest BCUT2D eigenvalue weighted by molar-refractivity contribution is 5.22. The van der Waals surface area contributed by atoms with Crippen molar-refractivity contribution in [2.45, 2.75) is 51.7 Å². The van der Waals surface area contributed by atoms with Gasteiger partial charge in [-0.25, -0.2) is 8.78 Å². The van der Waals surface area contributed by atoms with E-state index in [0.29, 0.717) is 5.41 Å². The van der Waals surface area contributed by atoms with E-state index in [2.05, 4.69) is 13.8 Å². The van der Waals surface area contributed by atoms with E-state index in [4.69, 9.17) is 10.5 Å². The molecule has 0 spiro atoms. The zero-order valence-corrected chi connectivity index (χ0v) is 12.2. The molecule has 0 aliphatic heterocycles. The minimum atomic E-state index is -0.867. The first-order valence-corrected chi connectivity index (χ1v) is 7.20. The third-order valence-corrected chi connectivity index (χ3v) is 4.18. The number of hydrogen-bond donors (Lipinski definition) is 1. The van der Waals surface area contributed by atoms with Crippen LogP contribution >= 0.6 is 0 Å². The Morgan fingerprint density at radius 3 is 2.60 bits per heavy atom. The standard InChI is InChI=1S/C16H23F2NO/c1-16(2)8-6-11(7-9-16)20-10-14(19)12-4-3-5-13(17)15(12)18/h3-5,11,14H,6-10,19H2,1-2H3. The Morgan fingerprint density at radius 2 is 1.95 bits per heavy atom. The summed E-state index contributed by atoms with van der Waals surface area (Å²) in [4.78, 5) is 0. The molecule has 1 aromatic carbocycles. The van der Waals surface area contributed by atoms with Crippen LogP contribution in [0, 0.1) is 17.0 Å². The van der Waals surface area contributed by atoms with Crippen molar-refractivity contribution in [3.05, 3.63) is 35.4 Å². The van der Waals surface area contributed by atoms with Gasteiger partial charge in [-0.1, -0.05) is 26.0 Å². The normalized spacial score (nSPS) is 20.9. The fraction of sp³-hybridized carbons (Fsp3) is 0.625. The van der Waals surface area contributed by atoms with Crippen LogP contribution in [-0.4, -0.2) is 12.7 Å². The van der Waals surface area contributed by atoms with Crippen molar-refractivity contribution in [2.24, 2.45) is 11.1 Å². The second-order valence-corrected chi connectivity index (χ2v) is 6.45. The maximum Gasteiger partial charge on any atom is 0.163 e. The van der Waals surface area contributed by atoms with Gasteiger partial charge in [-0.15, -0.1) is 0 Å². The van der Waals surface area contributed by atoms with E-state index in [1.165, 1.54) is 12.1 Å². The van der Waals surface area contributed by atoms with E-state index in [1.54, 1.807) is 0 Å². The van der Waals surface area contributed by atoms with E-state index in [-0.39, 0.29) is 18.3 Å². The lowest BCUT2D eigenvalue weighted by Gasteiger charge is -2.34. The summed E-state index contributed by atoms with van der Waals surface area (Å²) >= 11 is 0. The monoisotopic (exact) mass is 283 g/mol. The highest BCUT2D eigenvalue weighted by Crippen LogP contribution is 2.36. The summed E-state index contributed by atoms with van der Waals surface area (Å²) < 4.78 is 32.5. The lowest BCUT2D eigenvalue weighted by molar-refractivity contribution is -0.00219. The van der Waals surface area contributed by atoms with Crippen molar-refractivity contribution in [3.8, 4) is 0 Å². The first-order valence-electron chi connectivity index (χ1n) is 7.20. The summed E-state index contributed by atoms with van der Waals surface area (Å²) in [6, 6.07) is 3.45. The number of rotatable bonds is 4. The molecule has 0 amide bonds. The molecule has 1 atom stereocenters. The van der Waals surface area contributed by atoms with E-state index in [1.807, 2.05) is 0 Å². The molecule has 4 heteroatoms. The molecular formula is C16H23F2NO. The van der Waals surface area contributed by atoms with Crippen molar-refractivity contribution in [2.75, 3.05) is 6.61 Å². The second kappa shape index (κ2) is 6.19. The molecule has 2 N–H and O–H groups in total. The first kappa shape index (κ1) is 15.4. The molecule has 1 fully saturated rings. The molecule has 1 aliphatic rings. The summed E-state index contributed by atoms with van der Waals surface area (Å²) in [7, 11) is 0. The maximum absolute atomic E-state index is 13.6. The molecule has 0 bridgehead atoms. The predicted octanol–water partition coefficient (Wildman–Crippen LogP) is 3.95. The van der Waals surface area contributed by atoms with Gasteiger partial charge in [0.15, 0.2) is 11.6 Å². The minimum absolute atomic E-state index is 0.182. The van der Waals surface area contributed by atoms with Gasteiger partial charge in [0, 0.05) is 5.56 Å². The largest absolute Gasteiger partial charge is 0.376 e. The summed E-state index contributed by atoms with van der Waals surface area (Å²) in [6.07, 6.45) is 4.45. The van der Waals surface area contributed by atoms with Crippen LogP contribution in [0.4, 0.5) is 8.78 Å². The number of benzene rings is 1. The predicted molar refractivity (Wildman–Crippen MR) is 75.3 cm³/mol. The van der Waals surface area contributed by atoms with E-state index in [0.717, 1.165) is 31.7 Å². The Labute approximate surface area is 119 Å². The average Bonchev–Trinajstić information content (AvgIpc) is 2.40. The number of nitrogens with two attached hydrogens (primary N) is 1. The summed E-state index contributed by atoms with van der Waals surface area (Å²) in [5, 5.41) is 0. The Balaban J connectivity index is 1.87. The van der Waals surface area contributed by atoms with E-state index in [9.17, 15) is 8.78 Å². The number of ether oxygens (including phenoxy) is 1. The Morgan fingerprint density at radius 1 is 1.30 bits per heavy atom.